The molecular weight excluding hydrogens is 748 g/mol. The van der Waals surface area contributed by atoms with Crippen LogP contribution in [0.5, 0.6) is 23.0 Å². The van der Waals surface area contributed by atoms with Crippen LogP contribution in [0.3, 0.4) is 0 Å². The van der Waals surface area contributed by atoms with Gasteiger partial charge in [0, 0.05) is 0 Å². The van der Waals surface area contributed by atoms with Gasteiger partial charge in [0.05, 0.1) is 52.9 Å². The molecule has 16 nitrogen and oxygen atoms in total. The number of hydrogen-bond donors (Lipinski definition) is 8. The van der Waals surface area contributed by atoms with Gasteiger partial charge < -0.3 is 59.8 Å². The van der Waals surface area contributed by atoms with Crippen molar-refractivity contribution in [2.45, 2.75) is 57.0 Å². The number of aliphatic hydroxyl groups excluding tert-OH is 8. The van der Waals surface area contributed by atoms with Gasteiger partial charge in [-0.05, 0) is 70.8 Å². The Morgan fingerprint density at radius 2 is 0.526 bits per heavy atom. The summed E-state index contributed by atoms with van der Waals surface area (Å²) in [5, 5.41) is 74.9. The van der Waals surface area contributed by atoms with Crippen molar-refractivity contribution in [2.24, 2.45) is 0 Å². The first-order chi connectivity index (χ1) is 27.6. The van der Waals surface area contributed by atoms with Crippen molar-refractivity contribution in [3.05, 3.63) is 119 Å². The molecular formula is C41H52O16. The summed E-state index contributed by atoms with van der Waals surface area (Å²) in [6, 6.07) is 27.4. The third kappa shape index (κ3) is 16.5. The summed E-state index contributed by atoms with van der Waals surface area (Å²) in [4.78, 5) is 0. The molecule has 0 aromatic heterocycles. The molecule has 0 spiro atoms. The van der Waals surface area contributed by atoms with Gasteiger partial charge in [0.1, 0.15) is 73.8 Å². The molecule has 57 heavy (non-hydrogen) atoms. The van der Waals surface area contributed by atoms with E-state index in [0.717, 1.165) is 0 Å². The lowest BCUT2D eigenvalue weighted by Crippen LogP contribution is -2.42. The Morgan fingerprint density at radius 3 is 0.702 bits per heavy atom. The molecule has 0 aliphatic heterocycles. The van der Waals surface area contributed by atoms with Crippen LogP contribution in [0.4, 0.5) is 0 Å². The molecule has 0 heterocycles. The smallest absolute Gasteiger partial charge is 0.414 e. The number of benzene rings is 4. The maximum atomic E-state index is 9.64. The zero-order chi connectivity index (χ0) is 40.9. The van der Waals surface area contributed by atoms with E-state index in [0.29, 0.717) is 45.3 Å². The molecule has 0 saturated carbocycles. The monoisotopic (exact) mass is 800 g/mol. The Kier molecular flexibility index (Phi) is 19.4. The van der Waals surface area contributed by atoms with Gasteiger partial charge in [0.25, 0.3) is 0 Å². The van der Waals surface area contributed by atoms with Crippen molar-refractivity contribution in [3.63, 3.8) is 0 Å². The minimum atomic E-state index is -2.11. The lowest BCUT2D eigenvalue weighted by Gasteiger charge is -2.32. The lowest BCUT2D eigenvalue weighted by molar-refractivity contribution is -0.513. The van der Waals surface area contributed by atoms with E-state index in [1.54, 1.807) is 97.1 Å². The van der Waals surface area contributed by atoms with Gasteiger partial charge in [0.15, 0.2) is 0 Å². The topological polar surface area (TPSA) is 236 Å². The highest BCUT2D eigenvalue weighted by Crippen LogP contribution is 2.28. The fourth-order valence-electron chi connectivity index (χ4n) is 4.64. The number of rotatable bonds is 28. The van der Waals surface area contributed by atoms with E-state index in [1.807, 2.05) is 0 Å². The zero-order valence-corrected chi connectivity index (χ0v) is 31.4. The van der Waals surface area contributed by atoms with Crippen LogP contribution in [-0.2, 0) is 45.4 Å². The Bertz CT molecular complexity index is 1400. The lowest BCUT2D eigenvalue weighted by atomic mass is 10.2. The first-order valence-corrected chi connectivity index (χ1v) is 18.2. The quantitative estimate of drug-likeness (QED) is 0.0379. The van der Waals surface area contributed by atoms with Crippen molar-refractivity contribution in [3.8, 4) is 23.0 Å². The second-order valence-corrected chi connectivity index (χ2v) is 12.8. The third-order valence-electron chi connectivity index (χ3n) is 7.97. The second-order valence-electron chi connectivity index (χ2n) is 12.8. The highest BCUT2D eigenvalue weighted by Gasteiger charge is 2.37. The van der Waals surface area contributed by atoms with E-state index in [4.69, 9.17) is 58.3 Å². The highest BCUT2D eigenvalue weighted by atomic mass is 17.0. The Balaban J connectivity index is 1.56. The largest absolute Gasteiger partial charge is 0.491 e. The van der Waals surface area contributed by atoms with Crippen molar-refractivity contribution in [1.29, 1.82) is 0 Å². The maximum Gasteiger partial charge on any atom is 0.414 e. The maximum absolute atomic E-state index is 9.64. The minimum Gasteiger partial charge on any atom is -0.491 e. The van der Waals surface area contributed by atoms with Gasteiger partial charge in [-0.15, -0.1) is 0 Å². The van der Waals surface area contributed by atoms with Gasteiger partial charge in [0.2, 0.25) is 0 Å². The van der Waals surface area contributed by atoms with E-state index < -0.39 is 57.0 Å². The van der Waals surface area contributed by atoms with Gasteiger partial charge in [-0.2, -0.15) is 0 Å². The van der Waals surface area contributed by atoms with Crippen LogP contribution >= 0.6 is 0 Å². The molecule has 0 amide bonds. The summed E-state index contributed by atoms with van der Waals surface area (Å²) in [6.07, 6.45) is -6.19. The molecule has 0 radical (unpaired) electrons. The summed E-state index contributed by atoms with van der Waals surface area (Å²) < 4.78 is 47.4. The number of hydrogen-bond acceptors (Lipinski definition) is 16. The predicted molar refractivity (Wildman–Crippen MR) is 202 cm³/mol. The third-order valence-corrected chi connectivity index (χ3v) is 7.97. The zero-order valence-electron chi connectivity index (χ0n) is 31.4. The molecule has 0 aliphatic rings. The Labute approximate surface area is 330 Å². The summed E-state index contributed by atoms with van der Waals surface area (Å²) in [5.74, 6) is 1.87. The molecule has 0 bridgehead atoms. The molecule has 0 aliphatic carbocycles. The van der Waals surface area contributed by atoms with E-state index in [1.165, 1.54) is 0 Å². The molecule has 8 N–H and O–H groups in total. The van der Waals surface area contributed by atoms with Crippen LogP contribution < -0.4 is 18.9 Å². The normalized spacial score (nSPS) is 14.6. The predicted octanol–water partition coefficient (Wildman–Crippen LogP) is 1.39. The van der Waals surface area contributed by atoms with Crippen molar-refractivity contribution in [2.75, 3.05) is 52.9 Å². The molecule has 4 rings (SSSR count). The van der Waals surface area contributed by atoms with Gasteiger partial charge in [-0.1, -0.05) is 48.5 Å². The molecule has 16 heteroatoms. The van der Waals surface area contributed by atoms with E-state index in [9.17, 15) is 20.4 Å². The summed E-state index contributed by atoms with van der Waals surface area (Å²) in [5.41, 5.74) is 2.76. The SMILES string of the molecule is OCC(O)COc1ccc(COC(OCc2ccc(OCC(O)CO)cc2)(OCc2ccc(OCC(O)CO)cc2)OCc2ccc(OCC(O)CO)cc2)cc1. The Morgan fingerprint density at radius 1 is 0.333 bits per heavy atom. The average molecular weight is 801 g/mol. The van der Waals surface area contributed by atoms with Crippen LogP contribution in [0.2, 0.25) is 0 Å². The van der Waals surface area contributed by atoms with Crippen LogP contribution in [0.1, 0.15) is 22.3 Å². The number of aliphatic hydroxyl groups is 8. The molecule has 4 atom stereocenters. The van der Waals surface area contributed by atoms with Crippen molar-refractivity contribution >= 4 is 0 Å². The van der Waals surface area contributed by atoms with Gasteiger partial charge in [-0.25, -0.2) is 0 Å². The molecule has 4 aromatic rings. The van der Waals surface area contributed by atoms with Crippen molar-refractivity contribution in [1.82, 2.24) is 0 Å². The summed E-state index contributed by atoms with van der Waals surface area (Å²) in [7, 11) is 0. The minimum absolute atomic E-state index is 0.0561. The van der Waals surface area contributed by atoms with Crippen molar-refractivity contribution < 1.29 is 78.7 Å². The highest BCUT2D eigenvalue weighted by molar-refractivity contribution is 5.29. The molecule has 0 fully saturated rings. The molecule has 0 saturated heterocycles. The molecule has 4 aromatic carbocycles. The van der Waals surface area contributed by atoms with E-state index in [-0.39, 0.29) is 52.9 Å². The van der Waals surface area contributed by atoms with Crippen LogP contribution in [0.15, 0.2) is 97.1 Å². The van der Waals surface area contributed by atoms with Gasteiger partial charge >= 0.3 is 6.16 Å². The molecule has 4 unspecified atom stereocenters. The first kappa shape index (κ1) is 45.3. The second kappa shape index (κ2) is 24.4. The molecule has 312 valence electrons. The fraction of sp³-hybridized carbons (Fsp3) is 0.415. The van der Waals surface area contributed by atoms with E-state index >= 15 is 0 Å². The first-order valence-electron chi connectivity index (χ1n) is 18.2. The van der Waals surface area contributed by atoms with Gasteiger partial charge in [-0.3, -0.25) is 18.9 Å². The van der Waals surface area contributed by atoms with E-state index in [2.05, 4.69) is 0 Å². The summed E-state index contributed by atoms with van der Waals surface area (Å²) in [6.45, 7) is -2.29. The Hall–Kier alpha value is -4.40. The van der Waals surface area contributed by atoms with Crippen LogP contribution in [0.25, 0.3) is 0 Å². The van der Waals surface area contributed by atoms with Crippen LogP contribution in [-0.4, -0.2) is 124 Å². The standard InChI is InChI=1S/C41H52O16/c42-17-33(46)25-50-37-9-1-29(2-10-37)21-54-41(55-22-30-3-11-38(12-4-30)51-26-34(47)18-43,56-23-31-5-13-39(14-6-31)52-27-35(48)19-44)57-24-32-7-15-40(16-8-32)53-28-36(49)20-45/h1-16,33-36,42-49H,17-28H2. The average Bonchev–Trinajstić information content (AvgIpc) is 3.26. The van der Waals surface area contributed by atoms with Crippen LogP contribution in [0, 0.1) is 0 Å². The number of ether oxygens (including phenoxy) is 8. The summed E-state index contributed by atoms with van der Waals surface area (Å²) >= 11 is 0. The fourth-order valence-corrected chi connectivity index (χ4v) is 4.64.